The van der Waals surface area contributed by atoms with Gasteiger partial charge in [-0.1, -0.05) is 24.3 Å². The van der Waals surface area contributed by atoms with Crippen molar-refractivity contribution in [2.24, 2.45) is 0 Å². The summed E-state index contributed by atoms with van der Waals surface area (Å²) in [5.41, 5.74) is 1.46. The monoisotopic (exact) mass is 148 g/mol. The van der Waals surface area contributed by atoms with E-state index in [1.165, 1.54) is 0 Å². The molecule has 1 aliphatic rings. The average Bonchev–Trinajstić information content (AvgIpc) is 2.30. The van der Waals surface area contributed by atoms with Crippen LogP contribution in [0.25, 0.3) is 0 Å². The average molecular weight is 148 g/mol. The Labute approximate surface area is 64.5 Å². The fourth-order valence-electron chi connectivity index (χ4n) is 1.44. The molecule has 0 amide bonds. The molecule has 2 nitrogen and oxygen atoms in total. The quantitative estimate of drug-likeness (QED) is 0.602. The Morgan fingerprint density at radius 1 is 1.36 bits per heavy atom. The fraction of sp³-hybridized carbons (Fsp3) is 0.222. The molecule has 0 bridgehead atoms. The molecule has 0 heterocycles. The lowest BCUT2D eigenvalue weighted by atomic mass is 10.1. The Bertz CT molecular complexity index is 304. The minimum atomic E-state index is -0.571. The van der Waals surface area contributed by atoms with Gasteiger partial charge in [0.2, 0.25) is 0 Å². The summed E-state index contributed by atoms with van der Waals surface area (Å²) in [6.45, 7) is 0. The van der Waals surface area contributed by atoms with Crippen LogP contribution < -0.4 is 0 Å². The second kappa shape index (κ2) is 2.17. The van der Waals surface area contributed by atoms with Crippen LogP contribution in [0.4, 0.5) is 0 Å². The lowest BCUT2D eigenvalue weighted by molar-refractivity contribution is 0.0930. The molecule has 0 radical (unpaired) electrons. The van der Waals surface area contributed by atoms with Crippen LogP contribution in [0.15, 0.2) is 24.3 Å². The Balaban J connectivity index is 2.60. The van der Waals surface area contributed by atoms with E-state index in [1.807, 2.05) is 12.1 Å². The molecule has 2 rings (SSSR count). The van der Waals surface area contributed by atoms with Crippen molar-refractivity contribution in [2.45, 2.75) is 12.5 Å². The van der Waals surface area contributed by atoms with E-state index in [1.54, 1.807) is 12.1 Å². The van der Waals surface area contributed by atoms with Crippen LogP contribution in [0.5, 0.6) is 0 Å². The van der Waals surface area contributed by atoms with Gasteiger partial charge in [-0.05, 0) is 5.56 Å². The van der Waals surface area contributed by atoms with Gasteiger partial charge in [0.25, 0.3) is 0 Å². The Morgan fingerprint density at radius 3 is 2.82 bits per heavy atom. The third kappa shape index (κ3) is 0.870. The van der Waals surface area contributed by atoms with E-state index < -0.39 is 6.10 Å². The number of aliphatic hydroxyl groups is 1. The standard InChI is InChI=1S/C9H8O2/c10-8-5-9(11)7-4-2-1-3-6(7)8/h1-4,8,10H,5H2. The molecule has 1 atom stereocenters. The van der Waals surface area contributed by atoms with Gasteiger partial charge in [-0.15, -0.1) is 0 Å². The van der Waals surface area contributed by atoms with Crippen molar-refractivity contribution < 1.29 is 9.90 Å². The van der Waals surface area contributed by atoms with Gasteiger partial charge in [0.05, 0.1) is 6.10 Å². The predicted molar refractivity (Wildman–Crippen MR) is 40.3 cm³/mol. The Kier molecular flexibility index (Phi) is 1.29. The molecule has 0 saturated heterocycles. The number of benzene rings is 1. The summed E-state index contributed by atoms with van der Waals surface area (Å²) < 4.78 is 0. The van der Waals surface area contributed by atoms with Crippen molar-refractivity contribution in [2.75, 3.05) is 0 Å². The molecule has 0 aromatic heterocycles. The maximum Gasteiger partial charge on any atom is 0.166 e. The molecule has 0 saturated carbocycles. The van der Waals surface area contributed by atoms with Crippen LogP contribution in [0, 0.1) is 0 Å². The number of fused-ring (bicyclic) bond motifs is 1. The van der Waals surface area contributed by atoms with Crippen LogP contribution in [0.1, 0.15) is 28.4 Å². The molecular formula is C9H8O2. The number of Topliss-reactive ketones (excluding diaryl/α,β-unsaturated/α-hetero) is 1. The predicted octanol–water partition coefficient (Wildman–Crippen LogP) is 1.31. The summed E-state index contributed by atoms with van der Waals surface area (Å²) in [6, 6.07) is 7.20. The Morgan fingerprint density at radius 2 is 2.09 bits per heavy atom. The lowest BCUT2D eigenvalue weighted by Crippen LogP contribution is -1.90. The first-order valence-electron chi connectivity index (χ1n) is 3.59. The van der Waals surface area contributed by atoms with Crippen molar-refractivity contribution in [3.05, 3.63) is 35.4 Å². The van der Waals surface area contributed by atoms with Gasteiger partial charge in [0.15, 0.2) is 5.78 Å². The second-order valence-electron chi connectivity index (χ2n) is 2.73. The highest BCUT2D eigenvalue weighted by Crippen LogP contribution is 2.29. The van der Waals surface area contributed by atoms with E-state index in [9.17, 15) is 9.90 Å². The number of ketones is 1. The van der Waals surface area contributed by atoms with Crippen molar-refractivity contribution >= 4 is 5.78 Å². The van der Waals surface area contributed by atoms with Crippen molar-refractivity contribution in [3.63, 3.8) is 0 Å². The van der Waals surface area contributed by atoms with E-state index in [2.05, 4.69) is 0 Å². The molecule has 11 heavy (non-hydrogen) atoms. The normalized spacial score (nSPS) is 21.9. The van der Waals surface area contributed by atoms with Gasteiger partial charge in [-0.3, -0.25) is 4.79 Å². The van der Waals surface area contributed by atoms with E-state index in [4.69, 9.17) is 0 Å². The van der Waals surface area contributed by atoms with Gasteiger partial charge in [-0.25, -0.2) is 0 Å². The number of aliphatic hydroxyl groups excluding tert-OH is 1. The summed E-state index contributed by atoms with van der Waals surface area (Å²) in [6.07, 6.45) is -0.321. The maximum atomic E-state index is 11.1. The first kappa shape index (κ1) is 6.55. The number of carbonyl (C=O) groups is 1. The summed E-state index contributed by atoms with van der Waals surface area (Å²) in [7, 11) is 0. The zero-order valence-corrected chi connectivity index (χ0v) is 5.95. The van der Waals surface area contributed by atoms with Gasteiger partial charge < -0.3 is 5.11 Å². The van der Waals surface area contributed by atoms with Crippen LogP contribution in [-0.4, -0.2) is 10.9 Å². The highest BCUT2D eigenvalue weighted by molar-refractivity contribution is 6.00. The molecule has 1 unspecified atom stereocenters. The minimum Gasteiger partial charge on any atom is -0.388 e. The molecular weight excluding hydrogens is 140 g/mol. The van der Waals surface area contributed by atoms with E-state index in [0.717, 1.165) is 5.56 Å². The largest absolute Gasteiger partial charge is 0.388 e. The first-order valence-corrected chi connectivity index (χ1v) is 3.59. The minimum absolute atomic E-state index is 0.0492. The summed E-state index contributed by atoms with van der Waals surface area (Å²) in [5.74, 6) is 0.0492. The van der Waals surface area contributed by atoms with E-state index in [-0.39, 0.29) is 12.2 Å². The van der Waals surface area contributed by atoms with Gasteiger partial charge in [0.1, 0.15) is 0 Å². The van der Waals surface area contributed by atoms with Crippen LogP contribution in [0.2, 0.25) is 0 Å². The molecule has 2 heteroatoms. The first-order chi connectivity index (χ1) is 5.29. The van der Waals surface area contributed by atoms with E-state index in [0.29, 0.717) is 5.56 Å². The summed E-state index contributed by atoms with van der Waals surface area (Å²) >= 11 is 0. The molecule has 1 aromatic carbocycles. The molecule has 0 spiro atoms. The van der Waals surface area contributed by atoms with Gasteiger partial charge >= 0.3 is 0 Å². The van der Waals surface area contributed by atoms with Crippen molar-refractivity contribution in [1.29, 1.82) is 0 Å². The molecule has 1 N–H and O–H groups in total. The molecule has 1 aromatic rings. The Hall–Kier alpha value is -1.15. The molecule has 0 aliphatic heterocycles. The molecule has 0 fully saturated rings. The highest BCUT2D eigenvalue weighted by Gasteiger charge is 2.26. The molecule has 1 aliphatic carbocycles. The van der Waals surface area contributed by atoms with E-state index >= 15 is 0 Å². The van der Waals surface area contributed by atoms with Crippen LogP contribution in [-0.2, 0) is 0 Å². The lowest BCUT2D eigenvalue weighted by Gasteiger charge is -1.99. The third-order valence-corrected chi connectivity index (χ3v) is 2.00. The smallest absolute Gasteiger partial charge is 0.166 e. The van der Waals surface area contributed by atoms with Gasteiger partial charge in [-0.2, -0.15) is 0 Å². The second-order valence-corrected chi connectivity index (χ2v) is 2.73. The van der Waals surface area contributed by atoms with Crippen LogP contribution >= 0.6 is 0 Å². The SMILES string of the molecule is O=C1CC(O)c2ccccc21. The molecule has 56 valence electrons. The summed E-state index contributed by atoms with van der Waals surface area (Å²) in [4.78, 5) is 11.1. The zero-order valence-electron chi connectivity index (χ0n) is 5.95. The third-order valence-electron chi connectivity index (χ3n) is 2.00. The van der Waals surface area contributed by atoms with Crippen LogP contribution in [0.3, 0.4) is 0 Å². The van der Waals surface area contributed by atoms with Crippen molar-refractivity contribution in [3.8, 4) is 0 Å². The number of rotatable bonds is 0. The number of hydrogen-bond acceptors (Lipinski definition) is 2. The summed E-state index contributed by atoms with van der Waals surface area (Å²) in [5, 5.41) is 9.33. The van der Waals surface area contributed by atoms with Crippen molar-refractivity contribution in [1.82, 2.24) is 0 Å². The van der Waals surface area contributed by atoms with Gasteiger partial charge in [0, 0.05) is 12.0 Å². The highest BCUT2D eigenvalue weighted by atomic mass is 16.3. The zero-order chi connectivity index (χ0) is 7.84. The number of carbonyl (C=O) groups excluding carboxylic acids is 1. The number of hydrogen-bond donors (Lipinski definition) is 1. The fourth-order valence-corrected chi connectivity index (χ4v) is 1.44. The maximum absolute atomic E-state index is 11.1. The topological polar surface area (TPSA) is 37.3 Å².